The number of aromatic nitrogens is 1. The van der Waals surface area contributed by atoms with Crippen molar-refractivity contribution in [2.24, 2.45) is 10.9 Å². The second-order valence-corrected chi connectivity index (χ2v) is 11.2. The lowest BCUT2D eigenvalue weighted by molar-refractivity contribution is -0.140. The molecule has 1 atom stereocenters. The number of methoxy groups -OCH3 is 1. The van der Waals surface area contributed by atoms with Crippen molar-refractivity contribution in [1.29, 1.82) is 0 Å². The van der Waals surface area contributed by atoms with Gasteiger partial charge in [-0.1, -0.05) is 62.3 Å². The second-order valence-electron chi connectivity index (χ2n) is 9.82. The number of hydrogen-bond acceptors (Lipinski definition) is 7. The molecule has 40 heavy (non-hydrogen) atoms. The van der Waals surface area contributed by atoms with E-state index in [0.29, 0.717) is 34.2 Å². The summed E-state index contributed by atoms with van der Waals surface area (Å²) in [5, 5.41) is 0.180. The topological polar surface area (TPSA) is 79.1 Å². The number of carbonyl (C=O) groups is 1. The minimum Gasteiger partial charge on any atom is -0.493 e. The van der Waals surface area contributed by atoms with Gasteiger partial charge in [-0.05, 0) is 55.2 Å². The highest BCUT2D eigenvalue weighted by Gasteiger charge is 2.34. The highest BCUT2D eigenvalue weighted by molar-refractivity contribution is 7.07. The van der Waals surface area contributed by atoms with Crippen LogP contribution in [0.1, 0.15) is 57.7 Å². The summed E-state index contributed by atoms with van der Waals surface area (Å²) in [6.45, 7) is 8.42. The summed E-state index contributed by atoms with van der Waals surface area (Å²) in [7, 11) is 1.54. The van der Waals surface area contributed by atoms with Crippen LogP contribution < -0.4 is 24.4 Å². The van der Waals surface area contributed by atoms with Crippen LogP contribution in [0.5, 0.6) is 11.5 Å². The van der Waals surface area contributed by atoms with Gasteiger partial charge in [0.25, 0.3) is 5.56 Å². The molecule has 0 aliphatic carbocycles. The van der Waals surface area contributed by atoms with Crippen LogP contribution in [0.4, 0.5) is 4.39 Å². The predicted octanol–water partition coefficient (Wildman–Crippen LogP) is 5.41. The fourth-order valence-electron chi connectivity index (χ4n) is 4.30. The maximum Gasteiger partial charge on any atom is 0.338 e. The predicted molar refractivity (Wildman–Crippen MR) is 154 cm³/mol. The van der Waals surface area contributed by atoms with E-state index in [0.717, 1.165) is 24.2 Å². The van der Waals surface area contributed by atoms with E-state index < -0.39 is 23.4 Å². The number of halogens is 2. The third-order valence-electron chi connectivity index (χ3n) is 6.32. The molecular weight excluding hydrogens is 555 g/mol. The Balaban J connectivity index is 1.91. The van der Waals surface area contributed by atoms with Gasteiger partial charge in [-0.2, -0.15) is 0 Å². The van der Waals surface area contributed by atoms with Crippen LogP contribution in [0.25, 0.3) is 6.08 Å². The van der Waals surface area contributed by atoms with Gasteiger partial charge >= 0.3 is 5.97 Å². The number of esters is 1. The smallest absolute Gasteiger partial charge is 0.338 e. The molecule has 1 aliphatic rings. The minimum absolute atomic E-state index is 0.105. The van der Waals surface area contributed by atoms with Crippen molar-refractivity contribution >= 4 is 35.0 Å². The van der Waals surface area contributed by atoms with Gasteiger partial charge in [-0.3, -0.25) is 9.36 Å². The van der Waals surface area contributed by atoms with Crippen molar-refractivity contribution in [3.05, 3.63) is 89.3 Å². The fraction of sp³-hybridized carbons (Fsp3) is 0.367. The standard InChI is InChI=1S/C30H32ClFN2O5S/c1-6-7-13-38-23-12-11-19(14-24(23)37-5)27-26(29(36)39-16-17(2)3)18(4)33-30-34(27)28(35)25(40-30)15-20-21(31)9-8-10-22(20)32/h8-12,14-15,17,27H,6-7,13,16H2,1-5H3/b25-15-. The van der Waals surface area contributed by atoms with Crippen molar-refractivity contribution in [2.45, 2.75) is 46.6 Å². The zero-order valence-corrected chi connectivity index (χ0v) is 24.7. The largest absolute Gasteiger partial charge is 0.493 e. The number of nitrogens with zero attached hydrogens (tertiary/aromatic N) is 2. The molecule has 2 heterocycles. The Morgan fingerprint density at radius 1 is 1.25 bits per heavy atom. The number of fused-ring (bicyclic) bond motifs is 1. The molecule has 0 fully saturated rings. The summed E-state index contributed by atoms with van der Waals surface area (Å²) in [5.74, 6) is 0.0417. The molecule has 2 aromatic carbocycles. The van der Waals surface area contributed by atoms with Gasteiger partial charge in [-0.25, -0.2) is 14.2 Å². The van der Waals surface area contributed by atoms with E-state index in [-0.39, 0.29) is 33.2 Å². The molecule has 0 saturated heterocycles. The Kier molecular flexibility index (Phi) is 9.48. The summed E-state index contributed by atoms with van der Waals surface area (Å²) in [4.78, 5) is 32.2. The molecule has 0 bridgehead atoms. The molecule has 1 aromatic heterocycles. The van der Waals surface area contributed by atoms with Crippen molar-refractivity contribution in [2.75, 3.05) is 20.3 Å². The van der Waals surface area contributed by atoms with Gasteiger partial charge in [0.2, 0.25) is 0 Å². The lowest BCUT2D eigenvalue weighted by Crippen LogP contribution is -2.40. The van der Waals surface area contributed by atoms with Gasteiger partial charge in [0.15, 0.2) is 16.3 Å². The lowest BCUT2D eigenvalue weighted by Gasteiger charge is -2.25. The minimum atomic E-state index is -0.854. The lowest BCUT2D eigenvalue weighted by atomic mass is 9.95. The summed E-state index contributed by atoms with van der Waals surface area (Å²) < 4.78 is 33.3. The molecule has 10 heteroatoms. The van der Waals surface area contributed by atoms with Crippen molar-refractivity contribution < 1.29 is 23.4 Å². The van der Waals surface area contributed by atoms with Gasteiger partial charge in [0.1, 0.15) is 5.82 Å². The normalized spacial score (nSPS) is 15.2. The van der Waals surface area contributed by atoms with Crippen LogP contribution >= 0.6 is 22.9 Å². The molecule has 0 radical (unpaired) electrons. The number of benzene rings is 2. The average molecular weight is 587 g/mol. The monoisotopic (exact) mass is 586 g/mol. The van der Waals surface area contributed by atoms with Crippen LogP contribution in [0.3, 0.4) is 0 Å². The average Bonchev–Trinajstić information content (AvgIpc) is 3.23. The van der Waals surface area contributed by atoms with Gasteiger partial charge < -0.3 is 14.2 Å². The Labute approximate surface area is 241 Å². The molecule has 1 unspecified atom stereocenters. The van der Waals surface area contributed by atoms with Gasteiger partial charge in [-0.15, -0.1) is 0 Å². The molecule has 0 amide bonds. The molecular formula is C30H32ClFN2O5S. The van der Waals surface area contributed by atoms with E-state index in [1.54, 1.807) is 31.2 Å². The molecule has 0 spiro atoms. The molecule has 3 aromatic rings. The zero-order valence-electron chi connectivity index (χ0n) is 23.1. The first-order valence-corrected chi connectivity index (χ1v) is 14.3. The van der Waals surface area contributed by atoms with Gasteiger partial charge in [0.05, 0.1) is 47.2 Å². The highest BCUT2D eigenvalue weighted by Crippen LogP contribution is 2.36. The highest BCUT2D eigenvalue weighted by atomic mass is 35.5. The molecule has 0 saturated carbocycles. The number of rotatable bonds is 10. The van der Waals surface area contributed by atoms with E-state index in [1.165, 1.54) is 29.9 Å². The maximum absolute atomic E-state index is 14.6. The fourth-order valence-corrected chi connectivity index (χ4v) is 5.54. The first-order chi connectivity index (χ1) is 19.2. The Morgan fingerprint density at radius 3 is 2.70 bits per heavy atom. The summed E-state index contributed by atoms with van der Waals surface area (Å²) in [5.41, 5.74) is 0.954. The van der Waals surface area contributed by atoms with E-state index in [9.17, 15) is 14.0 Å². The van der Waals surface area contributed by atoms with Crippen molar-refractivity contribution in [3.8, 4) is 11.5 Å². The van der Waals surface area contributed by atoms with Crippen LogP contribution in [-0.2, 0) is 9.53 Å². The SMILES string of the molecule is CCCCOc1ccc(C2C(C(=O)OCC(C)C)=C(C)N=c3s/c(=C\c4c(F)cccc4Cl)c(=O)n32)cc1OC. The number of thiazole rings is 1. The summed E-state index contributed by atoms with van der Waals surface area (Å²) >= 11 is 7.33. The number of unbranched alkanes of at least 4 members (excludes halogenated alkanes) is 1. The van der Waals surface area contributed by atoms with Crippen molar-refractivity contribution in [1.82, 2.24) is 4.57 Å². The molecule has 212 valence electrons. The first-order valence-electron chi connectivity index (χ1n) is 13.1. The summed E-state index contributed by atoms with van der Waals surface area (Å²) in [6, 6.07) is 8.80. The third-order valence-corrected chi connectivity index (χ3v) is 7.64. The molecule has 7 nitrogen and oxygen atoms in total. The second kappa shape index (κ2) is 12.8. The zero-order chi connectivity index (χ0) is 29.0. The molecule has 1 aliphatic heterocycles. The van der Waals surface area contributed by atoms with Crippen LogP contribution in [0, 0.1) is 11.7 Å². The Morgan fingerprint density at radius 2 is 2.02 bits per heavy atom. The van der Waals surface area contributed by atoms with Gasteiger partial charge in [0, 0.05) is 5.56 Å². The first kappa shape index (κ1) is 29.6. The number of ether oxygens (including phenoxy) is 3. The Bertz CT molecular complexity index is 1610. The molecule has 0 N–H and O–H groups in total. The van der Waals surface area contributed by atoms with E-state index in [4.69, 9.17) is 25.8 Å². The number of allylic oxidation sites excluding steroid dienone is 1. The third kappa shape index (κ3) is 6.15. The van der Waals surface area contributed by atoms with Crippen LogP contribution in [-0.4, -0.2) is 30.9 Å². The summed E-state index contributed by atoms with van der Waals surface area (Å²) in [6.07, 6.45) is 3.29. The van der Waals surface area contributed by atoms with Crippen LogP contribution in [0.15, 0.2) is 57.5 Å². The van der Waals surface area contributed by atoms with E-state index in [2.05, 4.69) is 11.9 Å². The maximum atomic E-state index is 14.6. The van der Waals surface area contributed by atoms with E-state index >= 15 is 0 Å². The quantitative estimate of drug-likeness (QED) is 0.234. The van der Waals surface area contributed by atoms with Crippen LogP contribution in [0.2, 0.25) is 5.02 Å². The van der Waals surface area contributed by atoms with E-state index in [1.807, 2.05) is 13.8 Å². The molecule has 4 rings (SSSR count). The Hall–Kier alpha value is -3.43. The number of hydrogen-bond donors (Lipinski definition) is 0. The van der Waals surface area contributed by atoms with Crippen molar-refractivity contribution in [3.63, 3.8) is 0 Å². The number of carbonyl (C=O) groups excluding carboxylic acids is 1.